The summed E-state index contributed by atoms with van der Waals surface area (Å²) in [5.74, 6) is 0. The van der Waals surface area contributed by atoms with Crippen LogP contribution in [0.3, 0.4) is 0 Å². The van der Waals surface area contributed by atoms with Crippen LogP contribution >= 0.6 is 0 Å². The monoisotopic (exact) mass is 426 g/mol. The number of rotatable bonds is 5. The molecule has 8 nitrogen and oxygen atoms in total. The van der Waals surface area contributed by atoms with E-state index in [2.05, 4.69) is 10.2 Å². The minimum atomic E-state index is -3.73. The molecule has 2 aromatic rings. The fourth-order valence-corrected chi connectivity index (χ4v) is 6.72. The minimum Gasteiger partial charge on any atom is -0.281 e. The molecule has 0 amide bonds. The third-order valence-electron chi connectivity index (χ3n) is 5.04. The molecule has 0 bridgehead atoms. The van der Waals surface area contributed by atoms with Crippen molar-refractivity contribution in [3.05, 3.63) is 41.2 Å². The maximum absolute atomic E-state index is 13.0. The number of H-pyrrole nitrogens is 1. The highest BCUT2D eigenvalue weighted by Crippen LogP contribution is 2.24. The van der Waals surface area contributed by atoms with Gasteiger partial charge in [-0.2, -0.15) is 13.7 Å². The van der Waals surface area contributed by atoms with Crippen LogP contribution in [0.2, 0.25) is 0 Å². The molecule has 1 N–H and O–H groups in total. The molecule has 1 saturated heterocycles. The van der Waals surface area contributed by atoms with Crippen LogP contribution in [-0.2, 0) is 26.5 Å². The predicted molar refractivity (Wildman–Crippen MR) is 106 cm³/mol. The summed E-state index contributed by atoms with van der Waals surface area (Å²) < 4.78 is 54.8. The van der Waals surface area contributed by atoms with E-state index in [0.29, 0.717) is 17.8 Å². The molecule has 1 fully saturated rings. The van der Waals surface area contributed by atoms with E-state index in [-0.39, 0.29) is 36.0 Å². The number of sulfonamides is 2. The first-order valence-corrected chi connectivity index (χ1v) is 12.2. The average Bonchev–Trinajstić information content (AvgIpc) is 2.87. The molecule has 2 heterocycles. The van der Waals surface area contributed by atoms with Gasteiger partial charge in [0.15, 0.2) is 0 Å². The van der Waals surface area contributed by atoms with Crippen molar-refractivity contribution in [2.24, 2.45) is 0 Å². The Labute approximate surface area is 166 Å². The number of aryl methyl sites for hydroxylation is 3. The van der Waals surface area contributed by atoms with E-state index in [1.165, 1.54) is 8.61 Å². The molecule has 154 valence electrons. The lowest BCUT2D eigenvalue weighted by Crippen LogP contribution is -2.37. The second-order valence-electron chi connectivity index (χ2n) is 6.92. The van der Waals surface area contributed by atoms with Gasteiger partial charge in [-0.3, -0.25) is 5.10 Å². The summed E-state index contributed by atoms with van der Waals surface area (Å²) in [6, 6.07) is 6.86. The molecule has 0 atom stereocenters. The van der Waals surface area contributed by atoms with Crippen molar-refractivity contribution >= 4 is 20.0 Å². The van der Waals surface area contributed by atoms with Crippen molar-refractivity contribution in [3.8, 4) is 0 Å². The van der Waals surface area contributed by atoms with Crippen molar-refractivity contribution in [1.29, 1.82) is 0 Å². The lowest BCUT2D eigenvalue weighted by molar-refractivity contribution is 0.404. The second kappa shape index (κ2) is 7.94. The molecule has 1 aromatic carbocycles. The largest absolute Gasteiger partial charge is 0.281 e. The van der Waals surface area contributed by atoms with Gasteiger partial charge >= 0.3 is 0 Å². The van der Waals surface area contributed by atoms with Gasteiger partial charge in [-0.05, 0) is 44.4 Å². The molecular weight excluding hydrogens is 400 g/mol. The van der Waals surface area contributed by atoms with Gasteiger partial charge in [0.1, 0.15) is 4.90 Å². The highest BCUT2D eigenvalue weighted by Gasteiger charge is 2.33. The Kier molecular flexibility index (Phi) is 5.95. The third-order valence-corrected chi connectivity index (χ3v) is 9.12. The van der Waals surface area contributed by atoms with E-state index in [0.717, 1.165) is 12.0 Å². The van der Waals surface area contributed by atoms with Crippen LogP contribution in [0.5, 0.6) is 0 Å². The number of aromatic amines is 1. The van der Waals surface area contributed by atoms with Crippen LogP contribution in [0.1, 0.15) is 30.3 Å². The number of aromatic nitrogens is 2. The Bertz CT molecular complexity index is 1020. The fraction of sp³-hybridized carbons (Fsp3) is 0.500. The molecule has 28 heavy (non-hydrogen) atoms. The van der Waals surface area contributed by atoms with Crippen LogP contribution in [0.4, 0.5) is 0 Å². The van der Waals surface area contributed by atoms with E-state index in [4.69, 9.17) is 0 Å². The zero-order chi connectivity index (χ0) is 20.5. The molecule has 10 heteroatoms. The zero-order valence-electron chi connectivity index (χ0n) is 16.3. The van der Waals surface area contributed by atoms with Gasteiger partial charge in [0, 0.05) is 26.2 Å². The first-order chi connectivity index (χ1) is 13.2. The van der Waals surface area contributed by atoms with Crippen LogP contribution in [0, 0.1) is 13.8 Å². The second-order valence-corrected chi connectivity index (χ2v) is 10.7. The van der Waals surface area contributed by atoms with Crippen LogP contribution in [0.15, 0.2) is 34.1 Å². The van der Waals surface area contributed by atoms with Crippen molar-refractivity contribution < 1.29 is 16.8 Å². The number of nitrogens with zero attached hydrogens (tertiary/aromatic N) is 3. The van der Waals surface area contributed by atoms with Crippen molar-refractivity contribution in [2.45, 2.75) is 43.4 Å². The number of nitrogens with one attached hydrogen (secondary N) is 1. The van der Waals surface area contributed by atoms with Crippen molar-refractivity contribution in [2.75, 3.05) is 26.2 Å². The van der Waals surface area contributed by atoms with Crippen LogP contribution < -0.4 is 0 Å². The summed E-state index contributed by atoms with van der Waals surface area (Å²) >= 11 is 0. The quantitative estimate of drug-likeness (QED) is 0.783. The SMILES string of the molecule is CCc1ccc(S(=O)(=O)N2CCCN(S(=O)(=O)c3c(C)n[nH]c3C)CC2)cc1. The summed E-state index contributed by atoms with van der Waals surface area (Å²) in [6.45, 7) is 6.11. The molecule has 0 spiro atoms. The Morgan fingerprint density at radius 3 is 2.00 bits per heavy atom. The fourth-order valence-electron chi connectivity index (χ4n) is 3.45. The molecule has 1 aliphatic rings. The first kappa shape index (κ1) is 21.0. The number of benzene rings is 1. The summed E-state index contributed by atoms with van der Waals surface area (Å²) in [4.78, 5) is 0.418. The van der Waals surface area contributed by atoms with Gasteiger partial charge in [-0.25, -0.2) is 16.8 Å². The predicted octanol–water partition coefficient (Wildman–Crippen LogP) is 1.67. The first-order valence-electron chi connectivity index (χ1n) is 9.28. The zero-order valence-corrected chi connectivity index (χ0v) is 18.0. The van der Waals surface area contributed by atoms with E-state index < -0.39 is 20.0 Å². The molecule has 0 unspecified atom stereocenters. The normalized spacial score (nSPS) is 17.5. The number of hydrogen-bond donors (Lipinski definition) is 1. The van der Waals surface area contributed by atoms with E-state index in [9.17, 15) is 16.8 Å². The molecule has 0 saturated carbocycles. The molecule has 0 radical (unpaired) electrons. The Morgan fingerprint density at radius 1 is 0.929 bits per heavy atom. The maximum atomic E-state index is 13.0. The Hall–Kier alpha value is -1.75. The maximum Gasteiger partial charge on any atom is 0.246 e. The minimum absolute atomic E-state index is 0.110. The molecule has 3 rings (SSSR count). The third kappa shape index (κ3) is 3.86. The van der Waals surface area contributed by atoms with Crippen molar-refractivity contribution in [1.82, 2.24) is 18.8 Å². The van der Waals surface area contributed by atoms with Crippen LogP contribution in [0.25, 0.3) is 0 Å². The van der Waals surface area contributed by atoms with Gasteiger partial charge in [0.05, 0.1) is 16.3 Å². The molecule has 0 aliphatic carbocycles. The lowest BCUT2D eigenvalue weighted by atomic mass is 10.2. The van der Waals surface area contributed by atoms with Crippen LogP contribution in [-0.4, -0.2) is 61.8 Å². The summed E-state index contributed by atoms with van der Waals surface area (Å²) in [7, 11) is -7.38. The van der Waals surface area contributed by atoms with Gasteiger partial charge in [-0.1, -0.05) is 19.1 Å². The van der Waals surface area contributed by atoms with Gasteiger partial charge in [0.2, 0.25) is 20.0 Å². The van der Waals surface area contributed by atoms with Gasteiger partial charge < -0.3 is 0 Å². The van der Waals surface area contributed by atoms with Gasteiger partial charge in [-0.15, -0.1) is 0 Å². The van der Waals surface area contributed by atoms with E-state index in [1.807, 2.05) is 19.1 Å². The highest BCUT2D eigenvalue weighted by atomic mass is 32.2. The lowest BCUT2D eigenvalue weighted by Gasteiger charge is -2.22. The topological polar surface area (TPSA) is 103 Å². The summed E-state index contributed by atoms with van der Waals surface area (Å²) in [5.41, 5.74) is 1.97. The van der Waals surface area contributed by atoms with E-state index in [1.54, 1.807) is 26.0 Å². The number of hydrogen-bond acceptors (Lipinski definition) is 5. The summed E-state index contributed by atoms with van der Waals surface area (Å²) in [5, 5.41) is 6.67. The Morgan fingerprint density at radius 2 is 1.50 bits per heavy atom. The van der Waals surface area contributed by atoms with Gasteiger partial charge in [0.25, 0.3) is 0 Å². The summed E-state index contributed by atoms with van der Waals surface area (Å²) in [6.07, 6.45) is 1.27. The molecule has 1 aromatic heterocycles. The smallest absolute Gasteiger partial charge is 0.246 e. The molecular formula is C18H26N4O4S2. The highest BCUT2D eigenvalue weighted by molar-refractivity contribution is 7.89. The Balaban J connectivity index is 1.81. The standard InChI is InChI=1S/C18H26N4O4S2/c1-4-16-6-8-17(9-7-16)27(23,24)21-10-5-11-22(13-12-21)28(25,26)18-14(2)19-20-15(18)3/h6-9H,4-5,10-13H2,1-3H3,(H,19,20). The van der Waals surface area contributed by atoms with Crippen molar-refractivity contribution in [3.63, 3.8) is 0 Å². The van der Waals surface area contributed by atoms with E-state index >= 15 is 0 Å². The average molecular weight is 427 g/mol. The molecule has 1 aliphatic heterocycles.